The van der Waals surface area contributed by atoms with Crippen LogP contribution in [0.2, 0.25) is 5.28 Å². The number of phenols is 1. The maximum absolute atomic E-state index is 9.73. The van der Waals surface area contributed by atoms with E-state index in [4.69, 9.17) is 11.6 Å². The molecular weight excluding hydrogens is 326 g/mol. The number of nitrogens with zero attached hydrogens (tertiary/aromatic N) is 2. The van der Waals surface area contributed by atoms with Crippen molar-refractivity contribution < 1.29 is 5.11 Å². The van der Waals surface area contributed by atoms with Gasteiger partial charge in [-0.3, -0.25) is 0 Å². The second kappa shape index (κ2) is 4.32. The summed E-state index contributed by atoms with van der Waals surface area (Å²) in [4.78, 5) is 7.81. The molecule has 1 N–H and O–H groups in total. The van der Waals surface area contributed by atoms with Gasteiger partial charge in [0, 0.05) is 15.3 Å². The smallest absolute Gasteiger partial charge is 0.222 e. The van der Waals surface area contributed by atoms with Crippen LogP contribution in [0.3, 0.4) is 0 Å². The summed E-state index contributed by atoms with van der Waals surface area (Å²) in [7, 11) is 0. The van der Waals surface area contributed by atoms with Crippen LogP contribution in [0.1, 0.15) is 0 Å². The van der Waals surface area contributed by atoms with E-state index < -0.39 is 0 Å². The van der Waals surface area contributed by atoms with Crippen molar-refractivity contribution in [3.63, 3.8) is 0 Å². The van der Waals surface area contributed by atoms with Gasteiger partial charge in [0.2, 0.25) is 5.28 Å². The number of halogens is 2. The predicted octanol–water partition coefficient (Wildman–Crippen LogP) is 3.11. The first-order chi connectivity index (χ1) is 7.16. The van der Waals surface area contributed by atoms with Gasteiger partial charge in [-0.05, 0) is 58.5 Å². The van der Waals surface area contributed by atoms with E-state index in [0.29, 0.717) is 11.3 Å². The minimum Gasteiger partial charge on any atom is -0.507 e. The average molecular weight is 333 g/mol. The van der Waals surface area contributed by atoms with Crippen molar-refractivity contribution in [2.24, 2.45) is 0 Å². The predicted molar refractivity (Wildman–Crippen MR) is 66.9 cm³/mol. The van der Waals surface area contributed by atoms with Crippen LogP contribution in [-0.4, -0.2) is 15.1 Å². The Morgan fingerprint density at radius 2 is 2.07 bits per heavy atom. The van der Waals surface area contributed by atoms with Crippen molar-refractivity contribution >= 4 is 34.2 Å². The topological polar surface area (TPSA) is 46.0 Å². The highest BCUT2D eigenvalue weighted by molar-refractivity contribution is 14.1. The highest BCUT2D eigenvalue weighted by Crippen LogP contribution is 2.29. The van der Waals surface area contributed by atoms with Crippen molar-refractivity contribution in [1.82, 2.24) is 9.97 Å². The zero-order chi connectivity index (χ0) is 10.8. The van der Waals surface area contributed by atoms with Crippen molar-refractivity contribution in [3.8, 4) is 17.0 Å². The monoisotopic (exact) mass is 332 g/mol. The average Bonchev–Trinajstić information content (AvgIpc) is 2.17. The Morgan fingerprint density at radius 3 is 2.73 bits per heavy atom. The van der Waals surface area contributed by atoms with Gasteiger partial charge in [-0.15, -0.1) is 0 Å². The molecule has 0 fully saturated rings. The second-order valence-corrected chi connectivity index (χ2v) is 4.46. The third kappa shape index (κ3) is 2.38. The molecule has 2 rings (SSSR count). The van der Waals surface area contributed by atoms with E-state index in [2.05, 4.69) is 32.6 Å². The summed E-state index contributed by atoms with van der Waals surface area (Å²) in [5, 5.41) is 9.90. The molecule has 0 spiro atoms. The fourth-order valence-corrected chi connectivity index (χ4v) is 1.83. The molecule has 0 aliphatic rings. The Balaban J connectivity index is 2.54. The summed E-state index contributed by atoms with van der Waals surface area (Å²) < 4.78 is 0.967. The van der Waals surface area contributed by atoms with E-state index >= 15 is 0 Å². The number of aromatic nitrogens is 2. The number of hydrogen-bond donors (Lipinski definition) is 1. The molecule has 1 heterocycles. The van der Waals surface area contributed by atoms with Crippen LogP contribution in [0.4, 0.5) is 0 Å². The molecule has 1 aromatic heterocycles. The number of rotatable bonds is 1. The summed E-state index contributed by atoms with van der Waals surface area (Å²) in [6.07, 6.45) is 1.56. The van der Waals surface area contributed by atoms with Gasteiger partial charge in [0.15, 0.2) is 0 Å². The molecule has 0 aliphatic carbocycles. The van der Waals surface area contributed by atoms with E-state index in [1.54, 1.807) is 24.4 Å². The molecule has 76 valence electrons. The van der Waals surface area contributed by atoms with Gasteiger partial charge < -0.3 is 5.11 Å². The highest BCUT2D eigenvalue weighted by atomic mass is 127. The van der Waals surface area contributed by atoms with Gasteiger partial charge in [0.05, 0.1) is 5.69 Å². The van der Waals surface area contributed by atoms with Gasteiger partial charge in [-0.25, -0.2) is 9.97 Å². The fraction of sp³-hybridized carbons (Fsp3) is 0. The van der Waals surface area contributed by atoms with Crippen LogP contribution in [0, 0.1) is 3.57 Å². The second-order valence-electron chi connectivity index (χ2n) is 2.87. The fourth-order valence-electron chi connectivity index (χ4n) is 1.21. The number of aromatic hydroxyl groups is 1. The molecule has 0 bridgehead atoms. The maximum atomic E-state index is 9.73. The van der Waals surface area contributed by atoms with Crippen LogP contribution >= 0.6 is 34.2 Å². The lowest BCUT2D eigenvalue weighted by Crippen LogP contribution is -1.87. The van der Waals surface area contributed by atoms with Crippen molar-refractivity contribution in [1.29, 1.82) is 0 Å². The Morgan fingerprint density at radius 1 is 1.27 bits per heavy atom. The minimum atomic E-state index is 0.172. The number of benzene rings is 1. The van der Waals surface area contributed by atoms with E-state index in [-0.39, 0.29) is 11.0 Å². The Bertz CT molecular complexity index is 505. The highest BCUT2D eigenvalue weighted by Gasteiger charge is 2.06. The maximum Gasteiger partial charge on any atom is 0.222 e. The third-order valence-electron chi connectivity index (χ3n) is 1.86. The van der Waals surface area contributed by atoms with Gasteiger partial charge in [-0.2, -0.15) is 0 Å². The quantitative estimate of drug-likeness (QED) is 0.645. The molecule has 1 aromatic carbocycles. The minimum absolute atomic E-state index is 0.172. The molecule has 0 radical (unpaired) electrons. The summed E-state index contributed by atoms with van der Waals surface area (Å²) in [6.45, 7) is 0. The number of phenolic OH excluding ortho intramolecular Hbond substituents is 1. The van der Waals surface area contributed by atoms with E-state index in [9.17, 15) is 5.11 Å². The molecule has 15 heavy (non-hydrogen) atoms. The molecule has 0 saturated heterocycles. The summed E-state index contributed by atoms with van der Waals surface area (Å²) in [6, 6.07) is 7.07. The molecule has 0 atom stereocenters. The lowest BCUT2D eigenvalue weighted by atomic mass is 10.1. The lowest BCUT2D eigenvalue weighted by molar-refractivity contribution is 0.476. The molecule has 0 unspecified atom stereocenters. The van der Waals surface area contributed by atoms with Crippen molar-refractivity contribution in [2.75, 3.05) is 0 Å². The largest absolute Gasteiger partial charge is 0.507 e. The molecule has 0 saturated carbocycles. The Kier molecular flexibility index (Phi) is 3.06. The molecule has 5 heteroatoms. The molecule has 0 amide bonds. The lowest BCUT2D eigenvalue weighted by Gasteiger charge is -2.03. The zero-order valence-corrected chi connectivity index (χ0v) is 10.4. The van der Waals surface area contributed by atoms with Crippen molar-refractivity contribution in [3.05, 3.63) is 39.3 Å². The molecule has 2 aromatic rings. The first kappa shape index (κ1) is 10.6. The standard InChI is InChI=1S/C10H6ClIN2O/c11-10-13-4-3-8(14-10)7-2-1-6(12)5-9(7)15/h1-5,15H. The van der Waals surface area contributed by atoms with Gasteiger partial charge >= 0.3 is 0 Å². The SMILES string of the molecule is Oc1cc(I)ccc1-c1ccnc(Cl)n1. The molecule has 3 nitrogen and oxygen atoms in total. The normalized spacial score (nSPS) is 10.3. The van der Waals surface area contributed by atoms with Crippen molar-refractivity contribution in [2.45, 2.75) is 0 Å². The van der Waals surface area contributed by atoms with Gasteiger partial charge in [-0.1, -0.05) is 0 Å². The van der Waals surface area contributed by atoms with Crippen LogP contribution in [-0.2, 0) is 0 Å². The first-order valence-corrected chi connectivity index (χ1v) is 5.60. The van der Waals surface area contributed by atoms with E-state index in [1.165, 1.54) is 0 Å². The van der Waals surface area contributed by atoms with E-state index in [1.807, 2.05) is 6.07 Å². The van der Waals surface area contributed by atoms with Crippen LogP contribution < -0.4 is 0 Å². The third-order valence-corrected chi connectivity index (χ3v) is 2.72. The molecular formula is C10H6ClIN2O. The summed E-state index contributed by atoms with van der Waals surface area (Å²) in [5.41, 5.74) is 1.27. The Labute approximate surface area is 105 Å². The molecule has 0 aliphatic heterocycles. The Hall–Kier alpha value is -0.880. The summed E-state index contributed by atoms with van der Waals surface area (Å²) in [5.74, 6) is 0.191. The first-order valence-electron chi connectivity index (χ1n) is 4.14. The van der Waals surface area contributed by atoms with Gasteiger partial charge in [0.25, 0.3) is 0 Å². The van der Waals surface area contributed by atoms with Crippen LogP contribution in [0.25, 0.3) is 11.3 Å². The zero-order valence-electron chi connectivity index (χ0n) is 7.48. The van der Waals surface area contributed by atoms with Gasteiger partial charge in [0.1, 0.15) is 5.75 Å². The summed E-state index contributed by atoms with van der Waals surface area (Å²) >= 11 is 7.80. The van der Waals surface area contributed by atoms with Crippen LogP contribution in [0.15, 0.2) is 30.5 Å². The number of hydrogen-bond acceptors (Lipinski definition) is 3. The van der Waals surface area contributed by atoms with Crippen LogP contribution in [0.5, 0.6) is 5.75 Å². The van der Waals surface area contributed by atoms with E-state index in [0.717, 1.165) is 3.57 Å².